The lowest BCUT2D eigenvalue weighted by Crippen LogP contribution is -2.17. The summed E-state index contributed by atoms with van der Waals surface area (Å²) in [5.41, 5.74) is 1.29. The highest BCUT2D eigenvalue weighted by molar-refractivity contribution is 7.98. The molecule has 0 spiro atoms. The quantitative estimate of drug-likeness (QED) is 0.586. The summed E-state index contributed by atoms with van der Waals surface area (Å²) < 4.78 is 25.4. The van der Waals surface area contributed by atoms with Crippen molar-refractivity contribution in [2.75, 3.05) is 25.8 Å². The zero-order valence-corrected chi connectivity index (χ0v) is 16.9. The van der Waals surface area contributed by atoms with Gasteiger partial charge in [-0.15, -0.1) is 0 Å². The predicted molar refractivity (Wildman–Crippen MR) is 108 cm³/mol. The van der Waals surface area contributed by atoms with Crippen molar-refractivity contribution in [2.45, 2.75) is 5.16 Å². The van der Waals surface area contributed by atoms with Crippen LogP contribution in [0, 0.1) is 5.82 Å². The maximum atomic E-state index is 13.3. The van der Waals surface area contributed by atoms with Gasteiger partial charge < -0.3 is 14.8 Å². The lowest BCUT2D eigenvalue weighted by atomic mass is 10.2. The van der Waals surface area contributed by atoms with Gasteiger partial charge >= 0.3 is 0 Å². The van der Waals surface area contributed by atoms with E-state index in [2.05, 4.69) is 10.3 Å². The number of thioether (sulfide) groups is 1. The van der Waals surface area contributed by atoms with E-state index >= 15 is 0 Å². The summed E-state index contributed by atoms with van der Waals surface area (Å²) in [6, 6.07) is 8.95. The van der Waals surface area contributed by atoms with E-state index in [1.807, 2.05) is 6.26 Å². The van der Waals surface area contributed by atoms with E-state index in [9.17, 15) is 9.18 Å². The van der Waals surface area contributed by atoms with Gasteiger partial charge in [-0.05, 0) is 36.6 Å². The second-order valence-electron chi connectivity index (χ2n) is 5.58. The number of rotatable bonds is 6. The van der Waals surface area contributed by atoms with Crippen LogP contribution < -0.4 is 14.8 Å². The van der Waals surface area contributed by atoms with Crippen molar-refractivity contribution in [3.05, 3.63) is 59.1 Å². The number of hydrogen-bond acceptors (Lipinski definition) is 5. The SMILES string of the molecule is COc1cc(OC)c(NC(=O)c2cnc(SC)n2-c2ccc(F)cc2)cc1Cl. The first-order valence-corrected chi connectivity index (χ1v) is 9.69. The lowest BCUT2D eigenvalue weighted by molar-refractivity contribution is 0.101. The topological polar surface area (TPSA) is 65.4 Å². The van der Waals surface area contributed by atoms with E-state index in [0.29, 0.717) is 33.1 Å². The third-order valence-electron chi connectivity index (χ3n) is 3.95. The van der Waals surface area contributed by atoms with Crippen molar-refractivity contribution in [1.82, 2.24) is 9.55 Å². The fraction of sp³-hybridized carbons (Fsp3) is 0.158. The zero-order valence-electron chi connectivity index (χ0n) is 15.3. The molecule has 0 bridgehead atoms. The molecule has 0 aliphatic rings. The van der Waals surface area contributed by atoms with Gasteiger partial charge in [0.15, 0.2) is 5.16 Å². The normalized spacial score (nSPS) is 10.6. The third-order valence-corrected chi connectivity index (χ3v) is 4.90. The average Bonchev–Trinajstić information content (AvgIpc) is 3.13. The molecule has 3 aromatic rings. The van der Waals surface area contributed by atoms with Gasteiger partial charge in [0, 0.05) is 11.8 Å². The summed E-state index contributed by atoms with van der Waals surface area (Å²) in [4.78, 5) is 17.2. The molecule has 146 valence electrons. The van der Waals surface area contributed by atoms with Crippen molar-refractivity contribution < 1.29 is 18.7 Å². The maximum absolute atomic E-state index is 13.3. The Morgan fingerprint density at radius 2 is 1.86 bits per heavy atom. The Balaban J connectivity index is 1.99. The largest absolute Gasteiger partial charge is 0.495 e. The van der Waals surface area contributed by atoms with E-state index in [1.165, 1.54) is 44.3 Å². The summed E-state index contributed by atoms with van der Waals surface area (Å²) in [6.45, 7) is 0. The van der Waals surface area contributed by atoms with E-state index in [1.54, 1.807) is 28.8 Å². The molecular weight excluding hydrogens is 405 g/mol. The van der Waals surface area contributed by atoms with Gasteiger partial charge in [0.05, 0.1) is 31.1 Å². The molecule has 1 amide bonds. The predicted octanol–water partition coefficient (Wildman–Crippen LogP) is 4.66. The molecule has 0 aliphatic carbocycles. The Morgan fingerprint density at radius 1 is 1.18 bits per heavy atom. The highest BCUT2D eigenvalue weighted by atomic mass is 35.5. The van der Waals surface area contributed by atoms with Crippen LogP contribution in [0.4, 0.5) is 10.1 Å². The Kier molecular flexibility index (Phi) is 6.11. The molecule has 9 heteroatoms. The van der Waals surface area contributed by atoms with Crippen LogP contribution in [0.25, 0.3) is 5.69 Å². The molecule has 28 heavy (non-hydrogen) atoms. The van der Waals surface area contributed by atoms with Gasteiger partial charge in [0.2, 0.25) is 0 Å². The number of methoxy groups -OCH3 is 2. The van der Waals surface area contributed by atoms with Gasteiger partial charge in [0.25, 0.3) is 5.91 Å². The number of carbonyl (C=O) groups excluding carboxylic acids is 1. The van der Waals surface area contributed by atoms with Gasteiger partial charge in [-0.1, -0.05) is 23.4 Å². The van der Waals surface area contributed by atoms with Crippen molar-refractivity contribution in [3.63, 3.8) is 0 Å². The molecule has 0 fully saturated rings. The molecule has 2 aromatic carbocycles. The van der Waals surface area contributed by atoms with Gasteiger partial charge in [0.1, 0.15) is 23.0 Å². The van der Waals surface area contributed by atoms with Crippen LogP contribution in [0.5, 0.6) is 11.5 Å². The first-order valence-electron chi connectivity index (χ1n) is 8.09. The molecule has 0 unspecified atom stereocenters. The van der Waals surface area contributed by atoms with Crippen molar-refractivity contribution in [3.8, 4) is 17.2 Å². The number of amides is 1. The third kappa shape index (κ3) is 3.93. The molecule has 6 nitrogen and oxygen atoms in total. The van der Waals surface area contributed by atoms with Crippen LogP contribution in [0.15, 0.2) is 47.8 Å². The van der Waals surface area contributed by atoms with Crippen molar-refractivity contribution in [2.24, 2.45) is 0 Å². The standard InChI is InChI=1S/C19H17ClFN3O3S/c1-26-16-9-17(27-2)14(8-13(16)20)23-18(25)15-10-22-19(28-3)24(15)12-6-4-11(21)5-7-12/h4-10H,1-3H3,(H,23,25). The summed E-state index contributed by atoms with van der Waals surface area (Å²) >= 11 is 7.54. The maximum Gasteiger partial charge on any atom is 0.274 e. The number of anilines is 1. The number of benzene rings is 2. The Labute approximate surface area is 170 Å². The number of imidazole rings is 1. The van der Waals surface area contributed by atoms with E-state index in [4.69, 9.17) is 21.1 Å². The van der Waals surface area contributed by atoms with Gasteiger partial charge in [-0.2, -0.15) is 0 Å². The number of nitrogens with zero attached hydrogens (tertiary/aromatic N) is 2. The first-order chi connectivity index (χ1) is 13.5. The minimum absolute atomic E-state index is 0.282. The molecule has 0 radical (unpaired) electrons. The summed E-state index contributed by atoms with van der Waals surface area (Å²) in [5, 5.41) is 3.70. The lowest BCUT2D eigenvalue weighted by Gasteiger charge is -2.14. The molecule has 0 aliphatic heterocycles. The molecule has 3 rings (SSSR count). The second kappa shape index (κ2) is 8.53. The first kappa shape index (κ1) is 20.0. The minimum atomic E-state index is -0.420. The molecule has 1 N–H and O–H groups in total. The van der Waals surface area contributed by atoms with Crippen molar-refractivity contribution >= 4 is 35.0 Å². The molecule has 0 saturated heterocycles. The fourth-order valence-electron chi connectivity index (χ4n) is 2.62. The number of hydrogen-bond donors (Lipinski definition) is 1. The smallest absolute Gasteiger partial charge is 0.274 e. The number of halogens is 2. The Bertz CT molecular complexity index is 1010. The van der Waals surface area contributed by atoms with E-state index in [-0.39, 0.29) is 11.5 Å². The molecule has 1 aromatic heterocycles. The van der Waals surface area contributed by atoms with Gasteiger partial charge in [-0.25, -0.2) is 9.37 Å². The molecule has 1 heterocycles. The number of carbonyl (C=O) groups is 1. The monoisotopic (exact) mass is 421 g/mol. The van der Waals surface area contributed by atoms with E-state index < -0.39 is 5.91 Å². The van der Waals surface area contributed by atoms with Crippen molar-refractivity contribution in [1.29, 1.82) is 0 Å². The van der Waals surface area contributed by atoms with Gasteiger partial charge in [-0.3, -0.25) is 9.36 Å². The number of nitrogens with one attached hydrogen (secondary N) is 1. The second-order valence-corrected chi connectivity index (χ2v) is 6.76. The summed E-state index contributed by atoms with van der Waals surface area (Å²) in [7, 11) is 2.97. The highest BCUT2D eigenvalue weighted by Crippen LogP contribution is 2.36. The molecular formula is C19H17ClFN3O3S. The average molecular weight is 422 g/mol. The Hall–Kier alpha value is -2.71. The summed E-state index contributed by atoms with van der Waals surface area (Å²) in [6.07, 6.45) is 3.30. The molecule has 0 saturated carbocycles. The van der Waals surface area contributed by atoms with Crippen LogP contribution in [-0.4, -0.2) is 35.9 Å². The number of aromatic nitrogens is 2. The fourth-order valence-corrected chi connectivity index (χ4v) is 3.41. The van der Waals surface area contributed by atoms with Crippen LogP contribution in [-0.2, 0) is 0 Å². The van der Waals surface area contributed by atoms with Crippen LogP contribution >= 0.6 is 23.4 Å². The van der Waals surface area contributed by atoms with Crippen LogP contribution in [0.3, 0.4) is 0 Å². The highest BCUT2D eigenvalue weighted by Gasteiger charge is 2.20. The van der Waals surface area contributed by atoms with Crippen LogP contribution in [0.1, 0.15) is 10.5 Å². The Morgan fingerprint density at radius 3 is 2.46 bits per heavy atom. The van der Waals surface area contributed by atoms with Crippen LogP contribution in [0.2, 0.25) is 5.02 Å². The minimum Gasteiger partial charge on any atom is -0.495 e. The number of ether oxygens (including phenoxy) is 2. The zero-order chi connectivity index (χ0) is 20.3. The van der Waals surface area contributed by atoms with E-state index in [0.717, 1.165) is 0 Å². The molecule has 0 atom stereocenters. The summed E-state index contributed by atoms with van der Waals surface area (Å²) in [5.74, 6) is 0.0416.